The second kappa shape index (κ2) is 9.09. The summed E-state index contributed by atoms with van der Waals surface area (Å²) in [4.78, 5) is 29.4. The molecule has 31 heavy (non-hydrogen) atoms. The van der Waals surface area contributed by atoms with Crippen molar-refractivity contribution in [2.24, 2.45) is 0 Å². The van der Waals surface area contributed by atoms with E-state index < -0.39 is 29.4 Å². The minimum atomic E-state index is -4.52. The standard InChI is InChI=1S/C21H15F4N3O2S/c1-13(29)28(18-8-3-2-7-17(18)22)20-27-16(12-31-20)9-10-19(30)26-15-6-4-5-14(11-15)21(23,24)25/h2-12H,1H3,(H,26,30)/b10-9+. The highest BCUT2D eigenvalue weighted by molar-refractivity contribution is 7.14. The van der Waals surface area contributed by atoms with Gasteiger partial charge in [-0.05, 0) is 36.4 Å². The molecule has 0 aliphatic rings. The van der Waals surface area contributed by atoms with E-state index >= 15 is 0 Å². The summed E-state index contributed by atoms with van der Waals surface area (Å²) < 4.78 is 52.4. The zero-order chi connectivity index (χ0) is 22.6. The van der Waals surface area contributed by atoms with Crippen LogP contribution in [0.3, 0.4) is 0 Å². The van der Waals surface area contributed by atoms with E-state index in [0.717, 1.165) is 34.4 Å². The van der Waals surface area contributed by atoms with Gasteiger partial charge >= 0.3 is 6.18 Å². The molecular weight excluding hydrogens is 434 g/mol. The van der Waals surface area contributed by atoms with Gasteiger partial charge in [0.25, 0.3) is 0 Å². The summed E-state index contributed by atoms with van der Waals surface area (Å²) in [5.41, 5.74) is -0.523. The molecule has 5 nitrogen and oxygen atoms in total. The summed E-state index contributed by atoms with van der Waals surface area (Å²) in [7, 11) is 0. The van der Waals surface area contributed by atoms with E-state index in [1.54, 1.807) is 11.4 Å². The Labute approximate surface area is 178 Å². The number of carbonyl (C=O) groups excluding carboxylic acids is 2. The largest absolute Gasteiger partial charge is 0.416 e. The van der Waals surface area contributed by atoms with Crippen molar-refractivity contribution in [3.63, 3.8) is 0 Å². The molecule has 160 valence electrons. The van der Waals surface area contributed by atoms with Crippen LogP contribution in [0.25, 0.3) is 6.08 Å². The van der Waals surface area contributed by atoms with Gasteiger partial charge in [-0.2, -0.15) is 13.2 Å². The fourth-order valence-corrected chi connectivity index (χ4v) is 3.46. The van der Waals surface area contributed by atoms with Crippen LogP contribution in [0.4, 0.5) is 34.1 Å². The third kappa shape index (κ3) is 5.54. The van der Waals surface area contributed by atoms with Crippen molar-refractivity contribution in [3.8, 4) is 0 Å². The predicted octanol–water partition coefficient (Wildman–Crippen LogP) is 5.64. The Bertz CT molecular complexity index is 1140. The summed E-state index contributed by atoms with van der Waals surface area (Å²) in [6.45, 7) is 1.27. The molecule has 3 aromatic rings. The van der Waals surface area contributed by atoms with Crippen molar-refractivity contribution in [1.82, 2.24) is 4.98 Å². The Morgan fingerprint density at radius 3 is 2.55 bits per heavy atom. The van der Waals surface area contributed by atoms with Gasteiger partial charge < -0.3 is 5.32 Å². The molecule has 0 bridgehead atoms. The number of benzene rings is 2. The molecule has 1 aromatic heterocycles. The van der Waals surface area contributed by atoms with Crippen LogP contribution in [0, 0.1) is 5.82 Å². The first-order valence-electron chi connectivity index (χ1n) is 8.82. The molecule has 0 radical (unpaired) electrons. The average molecular weight is 449 g/mol. The monoisotopic (exact) mass is 449 g/mol. The van der Waals surface area contributed by atoms with Crippen molar-refractivity contribution in [3.05, 3.63) is 77.1 Å². The number of nitrogens with one attached hydrogen (secondary N) is 1. The molecule has 0 saturated heterocycles. The Balaban J connectivity index is 1.74. The molecule has 1 N–H and O–H groups in total. The number of aromatic nitrogens is 1. The fourth-order valence-electron chi connectivity index (χ4n) is 2.61. The van der Waals surface area contributed by atoms with Crippen LogP contribution in [0.1, 0.15) is 18.2 Å². The van der Waals surface area contributed by atoms with Crippen LogP contribution in [-0.2, 0) is 15.8 Å². The molecule has 10 heteroatoms. The van der Waals surface area contributed by atoms with Crippen LogP contribution >= 0.6 is 11.3 Å². The van der Waals surface area contributed by atoms with Crippen LogP contribution in [0.15, 0.2) is 60.0 Å². The van der Waals surface area contributed by atoms with Gasteiger partial charge in [0.05, 0.1) is 16.9 Å². The highest BCUT2D eigenvalue weighted by Crippen LogP contribution is 2.32. The number of hydrogen-bond acceptors (Lipinski definition) is 4. The number of carbonyl (C=O) groups is 2. The molecular formula is C21H15F4N3O2S. The van der Waals surface area contributed by atoms with Crippen LogP contribution in [0.5, 0.6) is 0 Å². The second-order valence-corrected chi connectivity index (χ2v) is 7.10. The SMILES string of the molecule is CC(=O)N(c1nc(/C=C/C(=O)Nc2cccc(C(F)(F)F)c2)cs1)c1ccccc1F. The van der Waals surface area contributed by atoms with Crippen molar-refractivity contribution in [2.45, 2.75) is 13.1 Å². The maximum atomic E-state index is 14.1. The van der Waals surface area contributed by atoms with Crippen LogP contribution in [-0.4, -0.2) is 16.8 Å². The first-order valence-corrected chi connectivity index (χ1v) is 9.70. The van der Waals surface area contributed by atoms with Gasteiger partial charge in [0.15, 0.2) is 5.13 Å². The van der Waals surface area contributed by atoms with Gasteiger partial charge in [0.2, 0.25) is 11.8 Å². The minimum Gasteiger partial charge on any atom is -0.322 e. The molecule has 0 aliphatic carbocycles. The van der Waals surface area contributed by atoms with Crippen molar-refractivity contribution in [1.29, 1.82) is 0 Å². The van der Waals surface area contributed by atoms with Gasteiger partial charge in [-0.3, -0.25) is 14.5 Å². The van der Waals surface area contributed by atoms with Crippen molar-refractivity contribution >= 4 is 45.7 Å². The molecule has 2 aromatic carbocycles. The summed E-state index contributed by atoms with van der Waals surface area (Å²) in [6.07, 6.45) is -2.09. The number of alkyl halides is 3. The molecule has 0 aliphatic heterocycles. The third-order valence-corrected chi connectivity index (χ3v) is 4.82. The molecule has 0 saturated carbocycles. The first kappa shape index (κ1) is 22.2. The van der Waals surface area contributed by atoms with Crippen LogP contribution in [0.2, 0.25) is 0 Å². The summed E-state index contributed by atoms with van der Waals surface area (Å²) in [5, 5.41) is 4.10. The van der Waals surface area contributed by atoms with Crippen LogP contribution < -0.4 is 10.2 Å². The molecule has 0 fully saturated rings. The van der Waals surface area contributed by atoms with E-state index in [-0.39, 0.29) is 16.5 Å². The molecule has 0 spiro atoms. The Morgan fingerprint density at radius 2 is 1.87 bits per heavy atom. The quantitative estimate of drug-likeness (QED) is 0.405. The number of rotatable bonds is 5. The van der Waals surface area contributed by atoms with Gasteiger partial charge in [-0.15, -0.1) is 11.3 Å². The number of para-hydroxylation sites is 1. The average Bonchev–Trinajstić information content (AvgIpc) is 3.16. The highest BCUT2D eigenvalue weighted by Gasteiger charge is 2.30. The summed E-state index contributed by atoms with van der Waals surface area (Å²) in [6, 6.07) is 9.99. The molecule has 1 heterocycles. The normalized spacial score (nSPS) is 11.5. The smallest absolute Gasteiger partial charge is 0.322 e. The van der Waals surface area contributed by atoms with E-state index in [9.17, 15) is 27.2 Å². The number of amides is 2. The minimum absolute atomic E-state index is 0.00857. The second-order valence-electron chi connectivity index (χ2n) is 6.26. The Morgan fingerprint density at radius 1 is 1.13 bits per heavy atom. The van der Waals surface area contributed by atoms with E-state index in [0.29, 0.717) is 5.69 Å². The molecule has 0 unspecified atom stereocenters. The lowest BCUT2D eigenvalue weighted by molar-refractivity contribution is -0.137. The summed E-state index contributed by atoms with van der Waals surface area (Å²) in [5.74, 6) is -1.70. The van der Waals surface area contributed by atoms with Gasteiger partial charge in [0, 0.05) is 24.1 Å². The topological polar surface area (TPSA) is 62.3 Å². The Hall–Kier alpha value is -3.53. The van der Waals surface area contributed by atoms with Gasteiger partial charge in [-0.1, -0.05) is 18.2 Å². The lowest BCUT2D eigenvalue weighted by atomic mass is 10.2. The maximum absolute atomic E-state index is 14.1. The van der Waals surface area contributed by atoms with E-state index in [2.05, 4.69) is 10.3 Å². The lowest BCUT2D eigenvalue weighted by Crippen LogP contribution is -2.23. The Kier molecular flexibility index (Phi) is 6.50. The van der Waals surface area contributed by atoms with E-state index in [4.69, 9.17) is 0 Å². The number of anilines is 3. The van der Waals surface area contributed by atoms with Crippen molar-refractivity contribution < 1.29 is 27.2 Å². The highest BCUT2D eigenvalue weighted by atomic mass is 32.1. The number of nitrogens with zero attached hydrogens (tertiary/aromatic N) is 2. The zero-order valence-electron chi connectivity index (χ0n) is 16.0. The van der Waals surface area contributed by atoms with E-state index in [1.807, 2.05) is 0 Å². The predicted molar refractivity (Wildman–Crippen MR) is 110 cm³/mol. The van der Waals surface area contributed by atoms with E-state index in [1.165, 1.54) is 43.3 Å². The van der Waals surface area contributed by atoms with Gasteiger partial charge in [-0.25, -0.2) is 9.37 Å². The maximum Gasteiger partial charge on any atom is 0.416 e. The number of hydrogen-bond donors (Lipinski definition) is 1. The number of thiazole rings is 1. The third-order valence-electron chi connectivity index (χ3n) is 3.97. The molecule has 3 rings (SSSR count). The fraction of sp³-hybridized carbons (Fsp3) is 0.0952. The molecule has 2 amide bonds. The zero-order valence-corrected chi connectivity index (χ0v) is 16.8. The van der Waals surface area contributed by atoms with Crippen molar-refractivity contribution in [2.75, 3.05) is 10.2 Å². The van der Waals surface area contributed by atoms with Gasteiger partial charge in [0.1, 0.15) is 5.82 Å². The summed E-state index contributed by atoms with van der Waals surface area (Å²) >= 11 is 1.07. The number of halogens is 4. The first-order chi connectivity index (χ1) is 14.6. The molecule has 0 atom stereocenters. The lowest BCUT2D eigenvalue weighted by Gasteiger charge is -2.18.